The summed E-state index contributed by atoms with van der Waals surface area (Å²) in [7, 11) is 1.65. The molecule has 8 heteroatoms. The van der Waals surface area contributed by atoms with Crippen LogP contribution in [0, 0.1) is 0 Å². The van der Waals surface area contributed by atoms with Crippen molar-refractivity contribution >= 4 is 11.7 Å². The van der Waals surface area contributed by atoms with Crippen LogP contribution in [0.3, 0.4) is 0 Å². The number of nitrogens with zero attached hydrogens (tertiary/aromatic N) is 2. The van der Waals surface area contributed by atoms with Crippen molar-refractivity contribution in [3.05, 3.63) is 59.5 Å². The summed E-state index contributed by atoms with van der Waals surface area (Å²) < 4.78 is 18.7. The van der Waals surface area contributed by atoms with Gasteiger partial charge in [-0.25, -0.2) is 9.78 Å². The molecule has 2 N–H and O–H groups in total. The summed E-state index contributed by atoms with van der Waals surface area (Å²) in [6, 6.07) is 9.94. The smallest absolute Gasteiger partial charge is 0.407 e. The normalized spacial score (nSPS) is 16.2. The van der Waals surface area contributed by atoms with E-state index in [0.717, 1.165) is 34.0 Å². The number of para-hydroxylation sites is 1. The summed E-state index contributed by atoms with van der Waals surface area (Å²) in [6.45, 7) is 6.97. The standard InChI is InChI=1S/C23H28N4O4/c1-23(2,3)31-22(28)25-11-17-13-27-12-16(8-9-20(27)26-17)18-14-30-21-15(10-24-18)6-5-7-19(21)29-4/h5-9,12-13,18,24H,10-11,14H2,1-4H3,(H,25,28). The van der Waals surface area contributed by atoms with Crippen molar-refractivity contribution in [1.82, 2.24) is 20.0 Å². The molecule has 31 heavy (non-hydrogen) atoms. The van der Waals surface area contributed by atoms with Gasteiger partial charge >= 0.3 is 6.09 Å². The number of nitrogens with one attached hydrogen (secondary N) is 2. The predicted molar refractivity (Wildman–Crippen MR) is 116 cm³/mol. The zero-order valence-electron chi connectivity index (χ0n) is 18.3. The number of alkyl carbamates (subject to hydrolysis) is 1. The Labute approximate surface area is 181 Å². The number of aromatic nitrogens is 2. The van der Waals surface area contributed by atoms with E-state index in [-0.39, 0.29) is 6.04 Å². The molecule has 3 heterocycles. The van der Waals surface area contributed by atoms with Gasteiger partial charge in [0.05, 0.1) is 25.4 Å². The summed E-state index contributed by atoms with van der Waals surface area (Å²) in [5, 5.41) is 6.29. The maximum atomic E-state index is 11.9. The molecule has 4 rings (SSSR count). The lowest BCUT2D eigenvalue weighted by Gasteiger charge is -2.19. The highest BCUT2D eigenvalue weighted by molar-refractivity contribution is 5.67. The SMILES string of the molecule is COc1cccc2c1OCC(c1ccc3nc(CNC(=O)OC(C)(C)C)cn3c1)NC2. The molecule has 164 valence electrons. The van der Waals surface area contributed by atoms with Crippen molar-refractivity contribution in [2.75, 3.05) is 13.7 Å². The van der Waals surface area contributed by atoms with E-state index in [2.05, 4.69) is 15.6 Å². The van der Waals surface area contributed by atoms with Crippen LogP contribution >= 0.6 is 0 Å². The summed E-state index contributed by atoms with van der Waals surface area (Å²) in [6.07, 6.45) is 3.49. The number of hydrogen-bond donors (Lipinski definition) is 2. The average Bonchev–Trinajstić information content (AvgIpc) is 3.00. The van der Waals surface area contributed by atoms with E-state index in [1.54, 1.807) is 7.11 Å². The summed E-state index contributed by atoms with van der Waals surface area (Å²) in [5.41, 5.74) is 3.19. The number of hydrogen-bond acceptors (Lipinski definition) is 6. The van der Waals surface area contributed by atoms with Crippen molar-refractivity contribution in [2.45, 2.75) is 45.5 Å². The lowest BCUT2D eigenvalue weighted by atomic mass is 10.1. The molecule has 0 fully saturated rings. The number of imidazole rings is 1. The fraction of sp³-hybridized carbons (Fsp3) is 0.391. The topological polar surface area (TPSA) is 86.1 Å². The van der Waals surface area contributed by atoms with Crippen LogP contribution in [-0.2, 0) is 17.8 Å². The van der Waals surface area contributed by atoms with Crippen molar-refractivity contribution < 1.29 is 19.0 Å². The van der Waals surface area contributed by atoms with Crippen LogP contribution in [0.4, 0.5) is 4.79 Å². The first-order valence-electron chi connectivity index (χ1n) is 10.3. The van der Waals surface area contributed by atoms with E-state index in [4.69, 9.17) is 14.2 Å². The third kappa shape index (κ3) is 4.91. The third-order valence-corrected chi connectivity index (χ3v) is 4.95. The second-order valence-corrected chi connectivity index (χ2v) is 8.51. The Kier molecular flexibility index (Phi) is 5.73. The summed E-state index contributed by atoms with van der Waals surface area (Å²) in [4.78, 5) is 16.4. The molecule has 0 aliphatic carbocycles. The molecular weight excluding hydrogens is 396 g/mol. The lowest BCUT2D eigenvalue weighted by Crippen LogP contribution is -2.32. The van der Waals surface area contributed by atoms with Gasteiger partial charge in [-0.05, 0) is 38.5 Å². The zero-order valence-corrected chi connectivity index (χ0v) is 18.3. The highest BCUT2D eigenvalue weighted by Crippen LogP contribution is 2.34. The maximum Gasteiger partial charge on any atom is 0.407 e. The van der Waals surface area contributed by atoms with Crippen LogP contribution in [0.15, 0.2) is 42.7 Å². The van der Waals surface area contributed by atoms with Gasteiger partial charge in [0.15, 0.2) is 11.5 Å². The minimum atomic E-state index is -0.532. The number of ether oxygens (including phenoxy) is 3. The first kappa shape index (κ1) is 21.0. The second kappa shape index (κ2) is 8.47. The third-order valence-electron chi connectivity index (χ3n) is 4.95. The van der Waals surface area contributed by atoms with Crippen molar-refractivity contribution in [3.8, 4) is 11.5 Å². The van der Waals surface area contributed by atoms with E-state index in [1.807, 2.05) is 67.9 Å². The van der Waals surface area contributed by atoms with Crippen LogP contribution < -0.4 is 20.1 Å². The second-order valence-electron chi connectivity index (χ2n) is 8.51. The number of pyridine rings is 1. The van der Waals surface area contributed by atoms with Gasteiger partial charge in [0.25, 0.3) is 0 Å². The molecule has 8 nitrogen and oxygen atoms in total. The van der Waals surface area contributed by atoms with E-state index >= 15 is 0 Å². The predicted octanol–water partition coefficient (Wildman–Crippen LogP) is 3.59. The number of fused-ring (bicyclic) bond motifs is 2. The lowest BCUT2D eigenvalue weighted by molar-refractivity contribution is 0.0523. The molecule has 0 saturated carbocycles. The quantitative estimate of drug-likeness (QED) is 0.666. The average molecular weight is 425 g/mol. The van der Waals surface area contributed by atoms with Gasteiger partial charge in [0.1, 0.15) is 17.9 Å². The number of carbonyl (C=O) groups is 1. The number of methoxy groups -OCH3 is 1. The van der Waals surface area contributed by atoms with Crippen molar-refractivity contribution in [3.63, 3.8) is 0 Å². The zero-order chi connectivity index (χ0) is 22.0. The molecule has 1 aliphatic rings. The first-order chi connectivity index (χ1) is 14.8. The Bertz CT molecular complexity index is 1090. The van der Waals surface area contributed by atoms with Gasteiger partial charge < -0.3 is 29.2 Å². The molecule has 1 atom stereocenters. The maximum absolute atomic E-state index is 11.9. The van der Waals surface area contributed by atoms with Crippen LogP contribution in [0.2, 0.25) is 0 Å². The number of benzene rings is 1. The molecule has 0 bridgehead atoms. The Morgan fingerprint density at radius 1 is 1.29 bits per heavy atom. The molecule has 2 aromatic heterocycles. The molecule has 1 amide bonds. The molecule has 0 radical (unpaired) electrons. The van der Waals surface area contributed by atoms with Gasteiger partial charge in [-0.15, -0.1) is 0 Å². The van der Waals surface area contributed by atoms with Gasteiger partial charge in [-0.1, -0.05) is 18.2 Å². The Morgan fingerprint density at radius 2 is 2.13 bits per heavy atom. The fourth-order valence-corrected chi connectivity index (χ4v) is 3.53. The highest BCUT2D eigenvalue weighted by atomic mass is 16.6. The minimum Gasteiger partial charge on any atom is -0.493 e. The van der Waals surface area contributed by atoms with Crippen LogP contribution in [-0.4, -0.2) is 34.8 Å². The minimum absolute atomic E-state index is 0.0206. The van der Waals surface area contributed by atoms with Crippen molar-refractivity contribution in [2.24, 2.45) is 0 Å². The van der Waals surface area contributed by atoms with E-state index in [9.17, 15) is 4.79 Å². The van der Waals surface area contributed by atoms with E-state index in [0.29, 0.717) is 19.7 Å². The molecular formula is C23H28N4O4. The fourth-order valence-electron chi connectivity index (χ4n) is 3.53. The van der Waals surface area contributed by atoms with E-state index in [1.165, 1.54) is 0 Å². The van der Waals surface area contributed by atoms with Crippen LogP contribution in [0.25, 0.3) is 5.65 Å². The number of rotatable bonds is 4. The largest absolute Gasteiger partial charge is 0.493 e. The summed E-state index contributed by atoms with van der Waals surface area (Å²) >= 11 is 0. The highest BCUT2D eigenvalue weighted by Gasteiger charge is 2.21. The molecule has 0 spiro atoms. The summed E-state index contributed by atoms with van der Waals surface area (Å²) in [5.74, 6) is 1.53. The van der Waals surface area contributed by atoms with Gasteiger partial charge in [-0.3, -0.25) is 0 Å². The Hall–Kier alpha value is -3.26. The first-order valence-corrected chi connectivity index (χ1v) is 10.3. The molecule has 1 aliphatic heterocycles. The van der Waals surface area contributed by atoms with E-state index < -0.39 is 11.7 Å². The van der Waals surface area contributed by atoms with Crippen LogP contribution in [0.5, 0.6) is 11.5 Å². The van der Waals surface area contributed by atoms with Gasteiger partial charge in [-0.2, -0.15) is 0 Å². The molecule has 1 aromatic carbocycles. The van der Waals surface area contributed by atoms with Crippen molar-refractivity contribution in [1.29, 1.82) is 0 Å². The van der Waals surface area contributed by atoms with Crippen LogP contribution in [0.1, 0.15) is 43.6 Å². The number of carbonyl (C=O) groups excluding carboxylic acids is 1. The molecule has 0 saturated heterocycles. The van der Waals surface area contributed by atoms with Gasteiger partial charge in [0.2, 0.25) is 0 Å². The monoisotopic (exact) mass is 424 g/mol. The molecule has 3 aromatic rings. The number of amides is 1. The molecule has 1 unspecified atom stereocenters. The Morgan fingerprint density at radius 3 is 2.90 bits per heavy atom. The van der Waals surface area contributed by atoms with Gasteiger partial charge in [0, 0.05) is 24.5 Å². The Balaban J connectivity index is 1.45.